The molecule has 0 aliphatic carbocycles. The topological polar surface area (TPSA) is 12.0 Å². The normalized spacial score (nSPS) is 3.60. The molecule has 1 N–H and O–H groups in total. The van der Waals surface area contributed by atoms with Crippen molar-refractivity contribution in [1.29, 1.82) is 0 Å². The van der Waals surface area contributed by atoms with Gasteiger partial charge in [0.25, 0.3) is 0 Å². The van der Waals surface area contributed by atoms with E-state index in [2.05, 4.69) is 5.32 Å². The summed E-state index contributed by atoms with van der Waals surface area (Å²) in [5, 5.41) is 2.75. The van der Waals surface area contributed by atoms with Crippen molar-refractivity contribution in [3.8, 4) is 0 Å². The fraction of sp³-hybridized carbons (Fsp3) is 1.00. The number of rotatable bonds is 0. The molecule has 0 aromatic rings. The van der Waals surface area contributed by atoms with Gasteiger partial charge < -0.3 is 5.32 Å². The molecule has 0 amide bonds. The Labute approximate surface area is 58.4 Å². The minimum atomic E-state index is 0. The molecule has 1 radical (unpaired) electrons. The second kappa shape index (κ2) is 18.9. The standard InChI is InChI=1S/C2H7N.2Ru/c1-3-2;;/h3H,1-2H3;;/q;+3;+4. The van der Waals surface area contributed by atoms with Crippen molar-refractivity contribution in [2.75, 3.05) is 14.1 Å². The van der Waals surface area contributed by atoms with Gasteiger partial charge in [0.2, 0.25) is 0 Å². The van der Waals surface area contributed by atoms with Crippen LogP contribution in [0.1, 0.15) is 0 Å². The van der Waals surface area contributed by atoms with Crippen LogP contribution in [-0.4, -0.2) is 14.1 Å². The third-order valence-corrected chi connectivity index (χ3v) is 0. The predicted molar refractivity (Wildman–Crippen MR) is 15.0 cm³/mol. The zero-order chi connectivity index (χ0) is 2.71. The molecular weight excluding hydrogens is 240 g/mol. The van der Waals surface area contributed by atoms with E-state index >= 15 is 0 Å². The zero-order valence-electron chi connectivity index (χ0n) is 3.21. The van der Waals surface area contributed by atoms with Crippen LogP contribution < -0.4 is 5.32 Å². The molecule has 0 aliphatic rings. The van der Waals surface area contributed by atoms with Crippen LogP contribution in [0.4, 0.5) is 0 Å². The van der Waals surface area contributed by atoms with Crippen LogP contribution in [0.15, 0.2) is 0 Å². The smallest absolute Gasteiger partial charge is 0.323 e. The van der Waals surface area contributed by atoms with Gasteiger partial charge in [-0.1, -0.05) is 0 Å². The molecule has 5 heavy (non-hydrogen) atoms. The van der Waals surface area contributed by atoms with Crippen molar-refractivity contribution in [1.82, 2.24) is 5.32 Å². The first-order valence-electron chi connectivity index (χ1n) is 1.00. The Balaban J connectivity index is -0.0000000200. The minimum absolute atomic E-state index is 0. The second-order valence-corrected chi connectivity index (χ2v) is 0.500. The second-order valence-electron chi connectivity index (χ2n) is 0.500. The van der Waals surface area contributed by atoms with Crippen molar-refractivity contribution in [2.24, 2.45) is 0 Å². The van der Waals surface area contributed by atoms with Crippen molar-refractivity contribution < 1.29 is 39.0 Å². The molecule has 0 unspecified atom stereocenters. The van der Waals surface area contributed by atoms with E-state index in [1.54, 1.807) is 0 Å². The first-order chi connectivity index (χ1) is 1.41. The van der Waals surface area contributed by atoms with Crippen molar-refractivity contribution in [3.05, 3.63) is 0 Å². The molecule has 29 valence electrons. The molecular formula is C2H7NRu2+7. The van der Waals surface area contributed by atoms with Crippen LogP contribution in [0.2, 0.25) is 0 Å². The van der Waals surface area contributed by atoms with E-state index < -0.39 is 0 Å². The quantitative estimate of drug-likeness (QED) is 0.586. The molecule has 0 bridgehead atoms. The van der Waals surface area contributed by atoms with Crippen LogP contribution in [0.5, 0.6) is 0 Å². The number of hydrogen-bond donors (Lipinski definition) is 1. The van der Waals surface area contributed by atoms with Crippen LogP contribution >= 0.6 is 0 Å². The van der Waals surface area contributed by atoms with E-state index in [1.165, 1.54) is 0 Å². The maximum absolute atomic E-state index is 2.75. The third-order valence-electron chi connectivity index (χ3n) is 0. The van der Waals surface area contributed by atoms with Gasteiger partial charge in [0.1, 0.15) is 0 Å². The summed E-state index contributed by atoms with van der Waals surface area (Å²) in [6.45, 7) is 0. The van der Waals surface area contributed by atoms with E-state index in [9.17, 15) is 0 Å². The average molecular weight is 247 g/mol. The summed E-state index contributed by atoms with van der Waals surface area (Å²) >= 11 is 0. The van der Waals surface area contributed by atoms with E-state index in [0.29, 0.717) is 0 Å². The molecule has 0 heterocycles. The maximum atomic E-state index is 2.75. The summed E-state index contributed by atoms with van der Waals surface area (Å²) in [5.41, 5.74) is 0. The largest absolute Gasteiger partial charge is 4.00 e. The molecule has 0 saturated carbocycles. The molecule has 0 aromatic carbocycles. The first kappa shape index (κ1) is 16.4. The Bertz CT molecular complexity index is 7.61. The molecule has 1 nitrogen and oxygen atoms in total. The predicted octanol–water partition coefficient (Wildman–Crippen LogP) is -0.169. The summed E-state index contributed by atoms with van der Waals surface area (Å²) < 4.78 is 0. The molecule has 0 spiro atoms. The monoisotopic (exact) mass is 249 g/mol. The average Bonchev–Trinajstić information content (AvgIpc) is 0.918. The van der Waals surface area contributed by atoms with Gasteiger partial charge in [-0.15, -0.1) is 0 Å². The summed E-state index contributed by atoms with van der Waals surface area (Å²) in [7, 11) is 3.75. The first-order valence-corrected chi connectivity index (χ1v) is 1.00. The fourth-order valence-corrected chi connectivity index (χ4v) is 0. The molecule has 0 atom stereocenters. The van der Waals surface area contributed by atoms with Crippen LogP contribution in [-0.2, 0) is 39.0 Å². The van der Waals surface area contributed by atoms with Gasteiger partial charge in [0.15, 0.2) is 0 Å². The van der Waals surface area contributed by atoms with E-state index in [0.717, 1.165) is 0 Å². The third kappa shape index (κ3) is 36.8. The van der Waals surface area contributed by atoms with Gasteiger partial charge in [0.05, 0.1) is 0 Å². The van der Waals surface area contributed by atoms with Crippen molar-refractivity contribution in [2.45, 2.75) is 0 Å². The summed E-state index contributed by atoms with van der Waals surface area (Å²) in [5.74, 6) is 0. The van der Waals surface area contributed by atoms with E-state index in [4.69, 9.17) is 0 Å². The Hall–Kier alpha value is 1.21. The Morgan fingerprint density at radius 3 is 1.20 bits per heavy atom. The van der Waals surface area contributed by atoms with Gasteiger partial charge in [-0.2, -0.15) is 0 Å². The summed E-state index contributed by atoms with van der Waals surface area (Å²) in [4.78, 5) is 0. The van der Waals surface area contributed by atoms with Gasteiger partial charge >= 0.3 is 39.0 Å². The van der Waals surface area contributed by atoms with E-state index in [-0.39, 0.29) is 39.0 Å². The van der Waals surface area contributed by atoms with Crippen LogP contribution in [0.25, 0.3) is 0 Å². The zero-order valence-corrected chi connectivity index (χ0v) is 6.68. The fourth-order valence-electron chi connectivity index (χ4n) is 0. The molecule has 0 rings (SSSR count). The number of hydrogen-bond acceptors (Lipinski definition) is 1. The SMILES string of the molecule is CNC.[Ru+3].[Ru+4]. The number of nitrogens with one attached hydrogen (secondary N) is 1. The molecule has 0 fully saturated rings. The van der Waals surface area contributed by atoms with E-state index in [1.807, 2.05) is 14.1 Å². The van der Waals surface area contributed by atoms with Gasteiger partial charge in [-0.3, -0.25) is 0 Å². The summed E-state index contributed by atoms with van der Waals surface area (Å²) in [6.07, 6.45) is 0. The van der Waals surface area contributed by atoms with Gasteiger partial charge in [-0.25, -0.2) is 0 Å². The Morgan fingerprint density at radius 2 is 1.20 bits per heavy atom. The molecule has 3 heteroatoms. The van der Waals surface area contributed by atoms with Gasteiger partial charge in [-0.05, 0) is 14.1 Å². The van der Waals surface area contributed by atoms with Gasteiger partial charge in [0, 0.05) is 0 Å². The molecule has 0 saturated heterocycles. The minimum Gasteiger partial charge on any atom is -0.323 e. The Kier molecular flexibility index (Phi) is 61.9. The van der Waals surface area contributed by atoms with Crippen molar-refractivity contribution >= 4 is 0 Å². The summed E-state index contributed by atoms with van der Waals surface area (Å²) in [6, 6.07) is 0. The molecule has 0 aromatic heterocycles. The van der Waals surface area contributed by atoms with Crippen LogP contribution in [0.3, 0.4) is 0 Å². The molecule has 0 aliphatic heterocycles. The maximum Gasteiger partial charge on any atom is 4.00 e. The van der Waals surface area contributed by atoms with Crippen molar-refractivity contribution in [3.63, 3.8) is 0 Å². The van der Waals surface area contributed by atoms with Crippen LogP contribution in [0, 0.1) is 0 Å². The Morgan fingerprint density at radius 1 is 1.20 bits per heavy atom.